The second-order valence-corrected chi connectivity index (χ2v) is 5.66. The molecule has 3 atom stereocenters. The number of aliphatic hydroxyl groups is 1. The summed E-state index contributed by atoms with van der Waals surface area (Å²) in [7, 11) is 0. The largest absolute Gasteiger partial charge is 0.389 e. The predicted molar refractivity (Wildman–Crippen MR) is 60.7 cm³/mol. The van der Waals surface area contributed by atoms with Crippen molar-refractivity contribution in [1.82, 2.24) is 0 Å². The Labute approximate surface area is 93.0 Å². The summed E-state index contributed by atoms with van der Waals surface area (Å²) in [4.78, 5) is 0. The van der Waals surface area contributed by atoms with Crippen LogP contribution in [0.5, 0.6) is 0 Å². The molecule has 1 N–H and O–H groups in total. The van der Waals surface area contributed by atoms with Crippen molar-refractivity contribution < 1.29 is 9.84 Å². The maximum absolute atomic E-state index is 10.8. The Morgan fingerprint density at radius 3 is 2.40 bits per heavy atom. The third kappa shape index (κ3) is 2.21. The van der Waals surface area contributed by atoms with E-state index in [4.69, 9.17) is 4.74 Å². The van der Waals surface area contributed by atoms with Gasteiger partial charge in [-0.1, -0.05) is 13.8 Å². The first-order chi connectivity index (χ1) is 7.13. The molecule has 2 nitrogen and oxygen atoms in total. The standard InChI is InChI=1S/C13H24O2/c1-10-3-6-13(14,11(2)9-10)12-4-7-15-8-5-12/h10-12,14H,3-9H2,1-2H3. The normalized spacial score (nSPS) is 44.2. The zero-order valence-electron chi connectivity index (χ0n) is 10.0. The zero-order valence-corrected chi connectivity index (χ0v) is 10.0. The fraction of sp³-hybridized carbons (Fsp3) is 1.00. The molecule has 1 heterocycles. The molecule has 0 aromatic heterocycles. The van der Waals surface area contributed by atoms with Crippen molar-refractivity contribution in [3.63, 3.8) is 0 Å². The van der Waals surface area contributed by atoms with Crippen LogP contribution < -0.4 is 0 Å². The van der Waals surface area contributed by atoms with Crippen LogP contribution in [0.25, 0.3) is 0 Å². The van der Waals surface area contributed by atoms with Gasteiger partial charge in [0.05, 0.1) is 5.60 Å². The van der Waals surface area contributed by atoms with Gasteiger partial charge in [0, 0.05) is 13.2 Å². The molecule has 0 aromatic rings. The van der Waals surface area contributed by atoms with Gasteiger partial charge in [-0.2, -0.15) is 0 Å². The minimum atomic E-state index is -0.393. The van der Waals surface area contributed by atoms with Crippen LogP contribution in [0.2, 0.25) is 0 Å². The molecular weight excluding hydrogens is 188 g/mol. The van der Waals surface area contributed by atoms with Crippen molar-refractivity contribution in [1.29, 1.82) is 0 Å². The fourth-order valence-corrected chi connectivity index (χ4v) is 3.45. The Hall–Kier alpha value is -0.0800. The Kier molecular flexibility index (Phi) is 3.36. The zero-order chi connectivity index (χ0) is 10.9. The lowest BCUT2D eigenvalue weighted by Gasteiger charge is -2.47. The molecule has 1 aliphatic carbocycles. The minimum Gasteiger partial charge on any atom is -0.389 e. The third-order valence-electron chi connectivity index (χ3n) is 4.58. The monoisotopic (exact) mass is 212 g/mol. The van der Waals surface area contributed by atoms with E-state index in [-0.39, 0.29) is 0 Å². The van der Waals surface area contributed by atoms with Crippen molar-refractivity contribution in [2.75, 3.05) is 13.2 Å². The second-order valence-electron chi connectivity index (χ2n) is 5.66. The van der Waals surface area contributed by atoms with E-state index in [9.17, 15) is 5.11 Å². The quantitative estimate of drug-likeness (QED) is 0.724. The molecule has 2 rings (SSSR count). The summed E-state index contributed by atoms with van der Waals surface area (Å²) in [5.41, 5.74) is -0.393. The van der Waals surface area contributed by atoms with Crippen LogP contribution in [0, 0.1) is 17.8 Å². The number of rotatable bonds is 1. The van der Waals surface area contributed by atoms with Crippen LogP contribution in [0.4, 0.5) is 0 Å². The van der Waals surface area contributed by atoms with Crippen LogP contribution in [-0.4, -0.2) is 23.9 Å². The van der Waals surface area contributed by atoms with E-state index in [1.165, 1.54) is 12.8 Å². The summed E-state index contributed by atoms with van der Waals surface area (Å²) in [6.07, 6.45) is 5.48. The van der Waals surface area contributed by atoms with Gasteiger partial charge in [-0.3, -0.25) is 0 Å². The maximum atomic E-state index is 10.8. The average molecular weight is 212 g/mol. The van der Waals surface area contributed by atoms with Crippen LogP contribution in [-0.2, 0) is 4.74 Å². The van der Waals surface area contributed by atoms with Crippen molar-refractivity contribution in [3.05, 3.63) is 0 Å². The number of hydrogen-bond acceptors (Lipinski definition) is 2. The first-order valence-electron chi connectivity index (χ1n) is 6.43. The van der Waals surface area contributed by atoms with Crippen LogP contribution in [0.15, 0.2) is 0 Å². The van der Waals surface area contributed by atoms with Crippen LogP contribution in [0.3, 0.4) is 0 Å². The molecule has 0 aromatic carbocycles. The van der Waals surface area contributed by atoms with Crippen molar-refractivity contribution in [3.8, 4) is 0 Å². The molecule has 2 aliphatic rings. The Balaban J connectivity index is 2.03. The lowest BCUT2D eigenvalue weighted by Crippen LogP contribution is -2.49. The lowest BCUT2D eigenvalue weighted by atomic mass is 9.64. The highest BCUT2D eigenvalue weighted by Gasteiger charge is 2.44. The molecule has 0 radical (unpaired) electrons. The maximum Gasteiger partial charge on any atom is 0.0703 e. The van der Waals surface area contributed by atoms with E-state index < -0.39 is 5.60 Å². The molecule has 0 amide bonds. The van der Waals surface area contributed by atoms with Crippen LogP contribution >= 0.6 is 0 Å². The van der Waals surface area contributed by atoms with Gasteiger partial charge < -0.3 is 9.84 Å². The van der Waals surface area contributed by atoms with Gasteiger partial charge >= 0.3 is 0 Å². The predicted octanol–water partition coefficient (Wildman–Crippen LogP) is 2.60. The molecule has 3 unspecified atom stereocenters. The molecule has 1 saturated heterocycles. The molecule has 15 heavy (non-hydrogen) atoms. The SMILES string of the molecule is CC1CCC(O)(C2CCOCC2)C(C)C1. The lowest BCUT2D eigenvalue weighted by molar-refractivity contribution is -0.124. The van der Waals surface area contributed by atoms with E-state index in [0.717, 1.165) is 38.4 Å². The van der Waals surface area contributed by atoms with Crippen LogP contribution in [0.1, 0.15) is 46.0 Å². The van der Waals surface area contributed by atoms with Crippen molar-refractivity contribution in [2.45, 2.75) is 51.6 Å². The summed E-state index contributed by atoms with van der Waals surface area (Å²) in [6.45, 7) is 6.22. The van der Waals surface area contributed by atoms with E-state index in [2.05, 4.69) is 13.8 Å². The molecule has 1 aliphatic heterocycles. The van der Waals surface area contributed by atoms with Gasteiger partial charge in [0.2, 0.25) is 0 Å². The molecule has 1 saturated carbocycles. The van der Waals surface area contributed by atoms with Gasteiger partial charge in [0.15, 0.2) is 0 Å². The van der Waals surface area contributed by atoms with Crippen molar-refractivity contribution >= 4 is 0 Å². The average Bonchev–Trinajstić information content (AvgIpc) is 2.25. The van der Waals surface area contributed by atoms with Crippen molar-refractivity contribution in [2.24, 2.45) is 17.8 Å². The molecule has 2 fully saturated rings. The fourth-order valence-electron chi connectivity index (χ4n) is 3.45. The highest BCUT2D eigenvalue weighted by atomic mass is 16.5. The van der Waals surface area contributed by atoms with E-state index in [0.29, 0.717) is 11.8 Å². The summed E-state index contributed by atoms with van der Waals surface area (Å²) in [5.74, 6) is 1.73. The molecule has 0 bridgehead atoms. The van der Waals surface area contributed by atoms with Gasteiger partial charge in [0.25, 0.3) is 0 Å². The molecule has 2 heteroatoms. The van der Waals surface area contributed by atoms with Gasteiger partial charge in [-0.25, -0.2) is 0 Å². The number of ether oxygens (including phenoxy) is 1. The molecule has 0 spiro atoms. The summed E-state index contributed by atoms with van der Waals surface area (Å²) >= 11 is 0. The van der Waals surface area contributed by atoms with E-state index in [1.807, 2.05) is 0 Å². The van der Waals surface area contributed by atoms with Gasteiger partial charge in [0.1, 0.15) is 0 Å². The highest BCUT2D eigenvalue weighted by Crippen LogP contribution is 2.44. The van der Waals surface area contributed by atoms with E-state index in [1.54, 1.807) is 0 Å². The first kappa shape index (κ1) is 11.4. The molecular formula is C13H24O2. The Bertz CT molecular complexity index is 211. The third-order valence-corrected chi connectivity index (χ3v) is 4.58. The van der Waals surface area contributed by atoms with Gasteiger partial charge in [-0.15, -0.1) is 0 Å². The van der Waals surface area contributed by atoms with E-state index >= 15 is 0 Å². The topological polar surface area (TPSA) is 29.5 Å². The summed E-state index contributed by atoms with van der Waals surface area (Å²) < 4.78 is 5.38. The second kappa shape index (κ2) is 4.42. The highest BCUT2D eigenvalue weighted by molar-refractivity contribution is 4.95. The summed E-state index contributed by atoms with van der Waals surface area (Å²) in [6, 6.07) is 0. The first-order valence-corrected chi connectivity index (χ1v) is 6.43. The Morgan fingerprint density at radius 1 is 1.13 bits per heavy atom. The van der Waals surface area contributed by atoms with Gasteiger partial charge in [-0.05, 0) is 49.9 Å². The molecule has 88 valence electrons. The Morgan fingerprint density at radius 2 is 1.80 bits per heavy atom. The number of hydrogen-bond donors (Lipinski definition) is 1. The summed E-state index contributed by atoms with van der Waals surface area (Å²) in [5, 5.41) is 10.8. The minimum absolute atomic E-state index is 0.393. The smallest absolute Gasteiger partial charge is 0.0703 e.